The summed E-state index contributed by atoms with van der Waals surface area (Å²) in [5.74, 6) is 0.430. The molecule has 0 fully saturated rings. The molecule has 0 radical (unpaired) electrons. The zero-order chi connectivity index (χ0) is 10.8. The number of thiophene rings is 1. The van der Waals surface area contributed by atoms with Crippen molar-refractivity contribution in [2.24, 2.45) is 0 Å². The first-order chi connectivity index (χ1) is 7.18. The molecule has 2 heterocycles. The summed E-state index contributed by atoms with van der Waals surface area (Å²) in [5.41, 5.74) is 1.79. The van der Waals surface area contributed by atoms with Crippen molar-refractivity contribution in [3.05, 3.63) is 44.6 Å². The van der Waals surface area contributed by atoms with Crippen molar-refractivity contribution >= 4 is 27.3 Å². The van der Waals surface area contributed by atoms with Gasteiger partial charge >= 0.3 is 0 Å². The maximum atomic E-state index is 10.0. The van der Waals surface area contributed by atoms with Crippen LogP contribution in [0.15, 0.2) is 27.6 Å². The summed E-state index contributed by atoms with van der Waals surface area (Å²) >= 11 is 4.90. The molecule has 5 heteroatoms. The molecule has 0 saturated heterocycles. The van der Waals surface area contributed by atoms with E-state index in [0.29, 0.717) is 5.82 Å². The molecule has 3 nitrogen and oxygen atoms in total. The molecule has 2 rings (SSSR count). The first-order valence-corrected chi connectivity index (χ1v) is 6.10. The van der Waals surface area contributed by atoms with Crippen molar-refractivity contribution < 1.29 is 5.11 Å². The topological polar surface area (TPSA) is 46.0 Å². The predicted octanol–water partition coefficient (Wildman–Crippen LogP) is 2.69. The van der Waals surface area contributed by atoms with Crippen molar-refractivity contribution in [3.63, 3.8) is 0 Å². The minimum atomic E-state index is -0.758. The molecule has 0 amide bonds. The number of aliphatic hydroxyl groups excluding tert-OH is 1. The van der Waals surface area contributed by atoms with Gasteiger partial charge in [0.05, 0.1) is 0 Å². The van der Waals surface area contributed by atoms with Crippen LogP contribution in [0.3, 0.4) is 0 Å². The van der Waals surface area contributed by atoms with Crippen LogP contribution in [-0.2, 0) is 0 Å². The molecule has 0 aliphatic rings. The van der Waals surface area contributed by atoms with Crippen LogP contribution >= 0.6 is 27.3 Å². The van der Waals surface area contributed by atoms with Crippen LogP contribution < -0.4 is 0 Å². The minimum Gasteiger partial charge on any atom is -0.380 e. The second kappa shape index (κ2) is 4.38. The molecule has 78 valence electrons. The average molecular weight is 285 g/mol. The molecular formula is C10H9BrN2OS. The van der Waals surface area contributed by atoms with Crippen LogP contribution in [0, 0.1) is 6.92 Å². The summed E-state index contributed by atoms with van der Waals surface area (Å²) in [4.78, 5) is 8.20. The summed E-state index contributed by atoms with van der Waals surface area (Å²) in [6.07, 6.45) is 2.64. The second-order valence-electron chi connectivity index (χ2n) is 3.20. The van der Waals surface area contributed by atoms with E-state index >= 15 is 0 Å². The lowest BCUT2D eigenvalue weighted by Crippen LogP contribution is -2.04. The number of aryl methyl sites for hydroxylation is 1. The Hall–Kier alpha value is -0.780. The number of hydrogen-bond acceptors (Lipinski definition) is 4. The maximum Gasteiger partial charge on any atom is 0.161 e. The van der Waals surface area contributed by atoms with Gasteiger partial charge in [0, 0.05) is 27.8 Å². The third-order valence-electron chi connectivity index (χ3n) is 1.98. The number of halogens is 1. The monoisotopic (exact) mass is 284 g/mol. The van der Waals surface area contributed by atoms with E-state index in [0.717, 1.165) is 15.6 Å². The number of nitrogens with zero attached hydrogens (tertiary/aromatic N) is 2. The smallest absolute Gasteiger partial charge is 0.161 e. The Balaban J connectivity index is 2.32. The maximum absolute atomic E-state index is 10.0. The van der Waals surface area contributed by atoms with Gasteiger partial charge in [0.2, 0.25) is 0 Å². The lowest BCUT2D eigenvalue weighted by molar-refractivity contribution is 0.209. The first kappa shape index (κ1) is 10.7. The van der Waals surface area contributed by atoms with Crippen molar-refractivity contribution in [1.82, 2.24) is 9.97 Å². The largest absolute Gasteiger partial charge is 0.380 e. The summed E-state index contributed by atoms with van der Waals surface area (Å²) in [6, 6.07) is 0. The number of rotatable bonds is 2. The molecule has 15 heavy (non-hydrogen) atoms. The van der Waals surface area contributed by atoms with Crippen molar-refractivity contribution in [2.75, 3.05) is 0 Å². The molecule has 0 saturated carbocycles. The van der Waals surface area contributed by atoms with Crippen LogP contribution in [0.2, 0.25) is 0 Å². The lowest BCUT2D eigenvalue weighted by Gasteiger charge is -2.07. The number of aliphatic hydroxyl groups is 1. The van der Waals surface area contributed by atoms with E-state index < -0.39 is 6.10 Å². The van der Waals surface area contributed by atoms with E-state index in [2.05, 4.69) is 25.9 Å². The third kappa shape index (κ3) is 2.25. The SMILES string of the molecule is Cc1cnc(C(O)c2cscc2Br)nc1. The highest BCUT2D eigenvalue weighted by molar-refractivity contribution is 9.10. The van der Waals surface area contributed by atoms with Crippen LogP contribution in [0.1, 0.15) is 23.1 Å². The molecule has 0 bridgehead atoms. The van der Waals surface area contributed by atoms with Gasteiger partial charge in [0.25, 0.3) is 0 Å². The molecule has 2 aromatic heterocycles. The molecule has 1 atom stereocenters. The van der Waals surface area contributed by atoms with Crippen LogP contribution in [0.25, 0.3) is 0 Å². The van der Waals surface area contributed by atoms with Gasteiger partial charge in [-0.15, -0.1) is 0 Å². The molecule has 0 aromatic carbocycles. The Labute approximate surface area is 100.0 Å². The zero-order valence-corrected chi connectivity index (χ0v) is 10.4. The molecule has 0 spiro atoms. The Kier molecular flexibility index (Phi) is 3.14. The molecule has 0 aliphatic heterocycles. The highest BCUT2D eigenvalue weighted by Crippen LogP contribution is 2.29. The van der Waals surface area contributed by atoms with Gasteiger partial charge in [-0.2, -0.15) is 11.3 Å². The number of hydrogen-bond donors (Lipinski definition) is 1. The molecular weight excluding hydrogens is 276 g/mol. The van der Waals surface area contributed by atoms with Crippen molar-refractivity contribution in [2.45, 2.75) is 13.0 Å². The summed E-state index contributed by atoms with van der Waals surface area (Å²) in [6.45, 7) is 1.91. The van der Waals surface area contributed by atoms with E-state index in [9.17, 15) is 5.11 Å². The van der Waals surface area contributed by atoms with Crippen LogP contribution in [0.4, 0.5) is 0 Å². The predicted molar refractivity (Wildman–Crippen MR) is 62.8 cm³/mol. The van der Waals surface area contributed by atoms with E-state index in [1.807, 2.05) is 17.7 Å². The molecule has 1 N–H and O–H groups in total. The van der Waals surface area contributed by atoms with Gasteiger partial charge in [-0.3, -0.25) is 0 Å². The quantitative estimate of drug-likeness (QED) is 0.922. The van der Waals surface area contributed by atoms with Gasteiger partial charge in [-0.05, 0) is 33.8 Å². The van der Waals surface area contributed by atoms with E-state index in [4.69, 9.17) is 0 Å². The zero-order valence-electron chi connectivity index (χ0n) is 8.01. The Morgan fingerprint density at radius 2 is 2.00 bits per heavy atom. The fraction of sp³-hybridized carbons (Fsp3) is 0.200. The normalized spacial score (nSPS) is 12.7. The fourth-order valence-corrected chi connectivity index (χ4v) is 2.70. The highest BCUT2D eigenvalue weighted by Gasteiger charge is 2.16. The highest BCUT2D eigenvalue weighted by atomic mass is 79.9. The molecule has 2 aromatic rings. The average Bonchev–Trinajstić information content (AvgIpc) is 2.65. The Morgan fingerprint density at radius 3 is 2.53 bits per heavy atom. The summed E-state index contributed by atoms with van der Waals surface area (Å²) < 4.78 is 0.893. The minimum absolute atomic E-state index is 0.430. The van der Waals surface area contributed by atoms with Gasteiger partial charge in [-0.1, -0.05) is 0 Å². The lowest BCUT2D eigenvalue weighted by atomic mass is 10.2. The van der Waals surface area contributed by atoms with E-state index in [1.165, 1.54) is 11.3 Å². The van der Waals surface area contributed by atoms with E-state index in [-0.39, 0.29) is 0 Å². The van der Waals surface area contributed by atoms with Crippen LogP contribution in [-0.4, -0.2) is 15.1 Å². The van der Waals surface area contributed by atoms with Crippen molar-refractivity contribution in [3.8, 4) is 0 Å². The van der Waals surface area contributed by atoms with Gasteiger partial charge in [0.1, 0.15) is 6.10 Å². The van der Waals surface area contributed by atoms with E-state index in [1.54, 1.807) is 12.4 Å². The third-order valence-corrected chi connectivity index (χ3v) is 3.73. The van der Waals surface area contributed by atoms with Crippen LogP contribution in [0.5, 0.6) is 0 Å². The van der Waals surface area contributed by atoms with Gasteiger partial charge in [-0.25, -0.2) is 9.97 Å². The number of aromatic nitrogens is 2. The Morgan fingerprint density at radius 1 is 1.33 bits per heavy atom. The van der Waals surface area contributed by atoms with Crippen molar-refractivity contribution in [1.29, 1.82) is 0 Å². The second-order valence-corrected chi connectivity index (χ2v) is 4.79. The fourth-order valence-electron chi connectivity index (χ4n) is 1.17. The molecule has 0 aliphatic carbocycles. The Bertz CT molecular complexity index is 455. The summed E-state index contributed by atoms with van der Waals surface area (Å²) in [5, 5.41) is 13.8. The van der Waals surface area contributed by atoms with Gasteiger partial charge < -0.3 is 5.11 Å². The summed E-state index contributed by atoms with van der Waals surface area (Å²) in [7, 11) is 0. The standard InChI is InChI=1S/C10H9BrN2OS/c1-6-2-12-10(13-3-6)9(14)7-4-15-5-8(7)11/h2-5,9,14H,1H3. The first-order valence-electron chi connectivity index (χ1n) is 4.36. The molecule has 1 unspecified atom stereocenters. The van der Waals surface area contributed by atoms with Gasteiger partial charge in [0.15, 0.2) is 5.82 Å².